The summed E-state index contributed by atoms with van der Waals surface area (Å²) >= 11 is 2.93. The van der Waals surface area contributed by atoms with Crippen LogP contribution >= 0.6 is 23.1 Å². The maximum atomic E-state index is 13.3. The highest BCUT2D eigenvalue weighted by atomic mass is 32.2. The molecule has 1 aliphatic rings. The van der Waals surface area contributed by atoms with Crippen LogP contribution in [0, 0.1) is 5.82 Å². The molecule has 7 nitrogen and oxygen atoms in total. The van der Waals surface area contributed by atoms with E-state index < -0.39 is 0 Å². The van der Waals surface area contributed by atoms with Crippen molar-refractivity contribution in [3.05, 3.63) is 66.6 Å². The number of piperazine rings is 1. The maximum absolute atomic E-state index is 13.3. The molecule has 1 aromatic carbocycles. The van der Waals surface area contributed by atoms with Crippen LogP contribution in [-0.4, -0.2) is 63.0 Å². The number of halogens is 1. The van der Waals surface area contributed by atoms with Gasteiger partial charge in [-0.2, -0.15) is 0 Å². The molecular formula is C24H21FN4O3S2. The Morgan fingerprint density at radius 1 is 1.09 bits per heavy atom. The summed E-state index contributed by atoms with van der Waals surface area (Å²) in [5.41, 5.74) is 1.71. The van der Waals surface area contributed by atoms with Crippen LogP contribution in [0.3, 0.4) is 0 Å². The number of hydrogen-bond acceptors (Lipinski definition) is 7. The highest BCUT2D eigenvalue weighted by Crippen LogP contribution is 2.38. The van der Waals surface area contributed by atoms with E-state index in [4.69, 9.17) is 4.42 Å². The van der Waals surface area contributed by atoms with Crippen LogP contribution in [0.4, 0.5) is 4.39 Å². The lowest BCUT2D eigenvalue weighted by Crippen LogP contribution is -2.52. The quantitative estimate of drug-likeness (QED) is 0.298. The Morgan fingerprint density at radius 3 is 2.53 bits per heavy atom. The van der Waals surface area contributed by atoms with E-state index in [0.717, 1.165) is 25.7 Å². The third-order valence-electron chi connectivity index (χ3n) is 5.65. The number of thiophene rings is 1. The first-order valence-electron chi connectivity index (χ1n) is 10.8. The lowest BCUT2D eigenvalue weighted by atomic mass is 10.2. The topological polar surface area (TPSA) is 79.5 Å². The summed E-state index contributed by atoms with van der Waals surface area (Å²) in [6, 6.07) is 11.6. The molecular weight excluding hydrogens is 475 g/mol. The Bertz CT molecular complexity index is 1320. The van der Waals surface area contributed by atoms with E-state index in [1.54, 1.807) is 34.1 Å². The van der Waals surface area contributed by atoms with Crippen LogP contribution in [0.25, 0.3) is 20.7 Å². The molecule has 0 N–H and O–H groups in total. The zero-order chi connectivity index (χ0) is 23.7. The summed E-state index contributed by atoms with van der Waals surface area (Å²) in [7, 11) is 0. The number of carbonyl (C=O) groups is 2. The Labute approximate surface area is 203 Å². The number of amides is 2. The highest BCUT2D eigenvalue weighted by molar-refractivity contribution is 8.00. The molecule has 174 valence electrons. The molecule has 1 aliphatic heterocycles. The zero-order valence-corrected chi connectivity index (χ0v) is 19.9. The van der Waals surface area contributed by atoms with Crippen molar-refractivity contribution >= 4 is 45.1 Å². The minimum Gasteiger partial charge on any atom is -0.459 e. The van der Waals surface area contributed by atoms with Crippen molar-refractivity contribution in [2.45, 2.75) is 17.2 Å². The predicted molar refractivity (Wildman–Crippen MR) is 129 cm³/mol. The zero-order valence-electron chi connectivity index (χ0n) is 18.3. The monoisotopic (exact) mass is 496 g/mol. The second-order valence-electron chi connectivity index (χ2n) is 7.87. The number of rotatable bonds is 5. The first-order valence-corrected chi connectivity index (χ1v) is 12.5. The van der Waals surface area contributed by atoms with Crippen LogP contribution in [0.2, 0.25) is 0 Å². The minimum absolute atomic E-state index is 0.0113. The minimum atomic E-state index is -0.346. The van der Waals surface area contributed by atoms with Crippen molar-refractivity contribution in [2.75, 3.05) is 26.2 Å². The van der Waals surface area contributed by atoms with Crippen LogP contribution < -0.4 is 0 Å². The fourth-order valence-electron chi connectivity index (χ4n) is 3.83. The van der Waals surface area contributed by atoms with Gasteiger partial charge in [0.25, 0.3) is 5.91 Å². The average Bonchev–Trinajstić information content (AvgIpc) is 3.55. The van der Waals surface area contributed by atoms with Crippen LogP contribution in [0.5, 0.6) is 0 Å². The van der Waals surface area contributed by atoms with Gasteiger partial charge in [0.15, 0.2) is 5.76 Å². The molecule has 10 heteroatoms. The van der Waals surface area contributed by atoms with Crippen LogP contribution in [-0.2, 0) is 4.79 Å². The second kappa shape index (κ2) is 9.55. The molecule has 1 atom stereocenters. The van der Waals surface area contributed by atoms with Gasteiger partial charge in [-0.05, 0) is 42.8 Å². The fraction of sp³-hybridized carbons (Fsp3) is 0.250. The summed E-state index contributed by atoms with van der Waals surface area (Å²) in [5, 5.41) is 0.401. The maximum Gasteiger partial charge on any atom is 0.289 e. The fourth-order valence-corrected chi connectivity index (χ4v) is 6.01. The van der Waals surface area contributed by atoms with Gasteiger partial charge in [0.1, 0.15) is 17.2 Å². The Hall–Kier alpha value is -3.24. The van der Waals surface area contributed by atoms with Crippen molar-refractivity contribution in [1.29, 1.82) is 0 Å². The third-order valence-corrected chi connectivity index (χ3v) is 8.05. The Morgan fingerprint density at radius 2 is 1.82 bits per heavy atom. The lowest BCUT2D eigenvalue weighted by Gasteiger charge is -2.35. The van der Waals surface area contributed by atoms with Gasteiger partial charge in [0.2, 0.25) is 5.91 Å². The first-order chi connectivity index (χ1) is 16.5. The van der Waals surface area contributed by atoms with Crippen LogP contribution in [0.15, 0.2) is 64.5 Å². The molecule has 4 heterocycles. The molecule has 0 radical (unpaired) electrons. The summed E-state index contributed by atoms with van der Waals surface area (Å²) in [5.74, 6) is -0.110. The number of fused-ring (bicyclic) bond motifs is 1. The molecule has 1 fully saturated rings. The normalized spacial score (nSPS) is 15.0. The van der Waals surface area contributed by atoms with Gasteiger partial charge >= 0.3 is 0 Å². The molecule has 1 saturated heterocycles. The number of carbonyl (C=O) groups excluding carboxylic acids is 2. The molecule has 4 aromatic rings. The highest BCUT2D eigenvalue weighted by Gasteiger charge is 2.29. The van der Waals surface area contributed by atoms with E-state index in [1.807, 2.05) is 13.0 Å². The van der Waals surface area contributed by atoms with Gasteiger partial charge in [0.05, 0.1) is 21.7 Å². The average molecular weight is 497 g/mol. The summed E-state index contributed by atoms with van der Waals surface area (Å²) in [6.07, 6.45) is 2.98. The smallest absolute Gasteiger partial charge is 0.289 e. The van der Waals surface area contributed by atoms with Crippen molar-refractivity contribution in [3.63, 3.8) is 0 Å². The lowest BCUT2D eigenvalue weighted by molar-refractivity contribution is -0.131. The predicted octanol–water partition coefficient (Wildman–Crippen LogP) is 4.56. The molecule has 0 aliphatic carbocycles. The molecule has 5 rings (SSSR count). The molecule has 2 amide bonds. The van der Waals surface area contributed by atoms with E-state index >= 15 is 0 Å². The SMILES string of the molecule is CC(Sc1ncnc2cc(-c3ccc(F)cc3)sc12)C(=O)N1CCN(C(=O)c2ccco2)CC1. The first kappa shape index (κ1) is 22.5. The number of nitrogens with zero attached hydrogens (tertiary/aromatic N) is 4. The number of benzene rings is 1. The van der Waals surface area contributed by atoms with Crippen molar-refractivity contribution in [2.24, 2.45) is 0 Å². The van der Waals surface area contributed by atoms with Crippen molar-refractivity contribution < 1.29 is 18.4 Å². The van der Waals surface area contributed by atoms with Gasteiger partial charge in [0, 0.05) is 31.1 Å². The number of furan rings is 1. The summed E-state index contributed by atoms with van der Waals surface area (Å²) in [6.45, 7) is 3.75. The van der Waals surface area contributed by atoms with E-state index in [1.165, 1.54) is 47.8 Å². The number of hydrogen-bond donors (Lipinski definition) is 0. The number of thioether (sulfide) groups is 1. The van der Waals surface area contributed by atoms with Gasteiger partial charge in [-0.1, -0.05) is 23.9 Å². The molecule has 0 spiro atoms. The molecule has 0 bridgehead atoms. The Kier molecular flexibility index (Phi) is 6.34. The summed E-state index contributed by atoms with van der Waals surface area (Å²) in [4.78, 5) is 38.8. The van der Waals surface area contributed by atoms with Gasteiger partial charge in [-0.15, -0.1) is 11.3 Å². The van der Waals surface area contributed by atoms with Gasteiger partial charge in [-0.25, -0.2) is 14.4 Å². The molecule has 1 unspecified atom stereocenters. The van der Waals surface area contributed by atoms with Crippen molar-refractivity contribution in [3.8, 4) is 10.4 Å². The van der Waals surface area contributed by atoms with Crippen LogP contribution in [0.1, 0.15) is 17.5 Å². The van der Waals surface area contributed by atoms with E-state index in [2.05, 4.69) is 9.97 Å². The molecule has 0 saturated carbocycles. The molecule has 34 heavy (non-hydrogen) atoms. The second-order valence-corrected chi connectivity index (χ2v) is 10.2. The van der Waals surface area contributed by atoms with E-state index in [-0.39, 0.29) is 22.9 Å². The number of aromatic nitrogens is 2. The van der Waals surface area contributed by atoms with Gasteiger partial charge < -0.3 is 14.2 Å². The van der Waals surface area contributed by atoms with Crippen molar-refractivity contribution in [1.82, 2.24) is 19.8 Å². The third kappa shape index (κ3) is 4.55. The molecule has 3 aromatic heterocycles. The Balaban J connectivity index is 1.25. The standard InChI is InChI=1S/C24H21FN4O3S2/c1-15(23(30)28-8-10-29(11-9-28)24(31)19-3-2-12-32-19)33-22-21-18(26-14-27-22)13-20(34-21)16-4-6-17(25)7-5-16/h2-7,12-15H,8-11H2,1H3. The van der Waals surface area contributed by atoms with E-state index in [9.17, 15) is 14.0 Å². The van der Waals surface area contributed by atoms with Gasteiger partial charge in [-0.3, -0.25) is 9.59 Å². The largest absolute Gasteiger partial charge is 0.459 e. The summed E-state index contributed by atoms with van der Waals surface area (Å²) < 4.78 is 19.4. The van der Waals surface area contributed by atoms with E-state index in [0.29, 0.717) is 31.9 Å².